The number of anilines is 1. The number of hydrogen-bond donors (Lipinski definition) is 2. The number of aromatic nitrogens is 3. The van der Waals surface area contributed by atoms with Gasteiger partial charge in [0.05, 0.1) is 5.69 Å². The van der Waals surface area contributed by atoms with Gasteiger partial charge in [-0.05, 0) is 6.07 Å². The van der Waals surface area contributed by atoms with Crippen molar-refractivity contribution in [2.45, 2.75) is 6.18 Å². The van der Waals surface area contributed by atoms with E-state index in [0.717, 1.165) is 0 Å². The van der Waals surface area contributed by atoms with Gasteiger partial charge in [0.1, 0.15) is 5.56 Å². The van der Waals surface area contributed by atoms with Crippen LogP contribution in [0.1, 0.15) is 5.56 Å². The van der Waals surface area contributed by atoms with Crippen molar-refractivity contribution in [2.75, 3.05) is 5.73 Å². The largest absolute Gasteiger partial charge is 0.419 e. The molecule has 0 aliphatic rings. The van der Waals surface area contributed by atoms with E-state index in [-0.39, 0.29) is 11.6 Å². The van der Waals surface area contributed by atoms with Crippen molar-refractivity contribution in [3.63, 3.8) is 0 Å². The maximum Gasteiger partial charge on any atom is 0.419 e. The van der Waals surface area contributed by atoms with Gasteiger partial charge >= 0.3 is 6.18 Å². The lowest BCUT2D eigenvalue weighted by molar-refractivity contribution is -0.137. The molecule has 2 aromatic rings. The molecular weight excluding hydrogens is 221 g/mol. The first-order chi connectivity index (χ1) is 7.48. The quantitative estimate of drug-likeness (QED) is 0.785. The smallest absolute Gasteiger partial charge is 0.368 e. The molecule has 3 N–H and O–H groups in total. The first-order valence-corrected chi connectivity index (χ1v) is 4.31. The number of H-pyrrole nitrogens is 1. The molecule has 16 heavy (non-hydrogen) atoms. The highest BCUT2D eigenvalue weighted by Gasteiger charge is 2.35. The molecule has 0 fully saturated rings. The van der Waals surface area contributed by atoms with E-state index in [1.54, 1.807) is 0 Å². The van der Waals surface area contributed by atoms with Gasteiger partial charge in [-0.3, -0.25) is 0 Å². The molecule has 7 heteroatoms. The highest BCUT2D eigenvalue weighted by molar-refractivity contribution is 5.63. The summed E-state index contributed by atoms with van der Waals surface area (Å²) >= 11 is 0. The fourth-order valence-electron chi connectivity index (χ4n) is 1.29. The Bertz CT molecular complexity index is 490. The molecule has 0 atom stereocenters. The Kier molecular flexibility index (Phi) is 2.30. The first-order valence-electron chi connectivity index (χ1n) is 4.31. The summed E-state index contributed by atoms with van der Waals surface area (Å²) < 4.78 is 37.9. The zero-order valence-electron chi connectivity index (χ0n) is 7.92. The van der Waals surface area contributed by atoms with Crippen LogP contribution in [0.25, 0.3) is 11.3 Å². The second kappa shape index (κ2) is 3.51. The van der Waals surface area contributed by atoms with Gasteiger partial charge in [0.25, 0.3) is 0 Å². The highest BCUT2D eigenvalue weighted by atomic mass is 19.4. The van der Waals surface area contributed by atoms with E-state index in [0.29, 0.717) is 11.8 Å². The normalized spacial score (nSPS) is 11.7. The third-order valence-electron chi connectivity index (χ3n) is 1.98. The van der Waals surface area contributed by atoms with Crippen LogP contribution in [0.3, 0.4) is 0 Å². The molecule has 84 valence electrons. The van der Waals surface area contributed by atoms with Crippen LogP contribution in [0, 0.1) is 0 Å². The summed E-state index contributed by atoms with van der Waals surface area (Å²) in [7, 11) is 0. The van der Waals surface area contributed by atoms with E-state index in [1.165, 1.54) is 18.5 Å². The van der Waals surface area contributed by atoms with Crippen molar-refractivity contribution in [3.05, 3.63) is 30.2 Å². The number of aromatic amines is 1. The third kappa shape index (κ3) is 1.83. The molecule has 0 amide bonds. The number of nitrogen functional groups attached to an aromatic ring is 1. The lowest BCUT2D eigenvalue weighted by atomic mass is 10.1. The molecular formula is C9H7F3N4. The Morgan fingerprint density at radius 1 is 1.31 bits per heavy atom. The SMILES string of the molecule is Nc1ncc(C(F)(F)F)c(-c2cc[nH]c2)n1. The Labute approximate surface area is 88.3 Å². The van der Waals surface area contributed by atoms with Crippen LogP contribution in [0.2, 0.25) is 0 Å². The van der Waals surface area contributed by atoms with Crippen molar-refractivity contribution in [2.24, 2.45) is 0 Å². The molecule has 0 spiro atoms. The molecule has 2 heterocycles. The maximum atomic E-state index is 12.6. The highest BCUT2D eigenvalue weighted by Crippen LogP contribution is 2.35. The van der Waals surface area contributed by atoms with Gasteiger partial charge in [0.2, 0.25) is 5.95 Å². The third-order valence-corrected chi connectivity index (χ3v) is 1.98. The van der Waals surface area contributed by atoms with Crippen molar-refractivity contribution in [1.82, 2.24) is 15.0 Å². The molecule has 0 aliphatic carbocycles. The summed E-state index contributed by atoms with van der Waals surface area (Å²) in [6.07, 6.45) is -0.893. The minimum absolute atomic E-state index is 0.191. The van der Waals surface area contributed by atoms with Crippen LogP contribution in [0.5, 0.6) is 0 Å². The molecule has 0 aromatic carbocycles. The van der Waals surface area contributed by atoms with Gasteiger partial charge in [0.15, 0.2) is 0 Å². The first kappa shape index (κ1) is 10.5. The van der Waals surface area contributed by atoms with Crippen molar-refractivity contribution in [1.29, 1.82) is 0 Å². The fraction of sp³-hybridized carbons (Fsp3) is 0.111. The van der Waals surface area contributed by atoms with Crippen molar-refractivity contribution < 1.29 is 13.2 Å². The minimum atomic E-state index is -4.50. The van der Waals surface area contributed by atoms with Crippen LogP contribution < -0.4 is 5.73 Å². The number of nitrogens with zero attached hydrogens (tertiary/aromatic N) is 2. The maximum absolute atomic E-state index is 12.6. The van der Waals surface area contributed by atoms with E-state index in [4.69, 9.17) is 5.73 Å². The summed E-state index contributed by atoms with van der Waals surface area (Å²) in [4.78, 5) is 9.62. The predicted molar refractivity (Wildman–Crippen MR) is 51.2 cm³/mol. The van der Waals surface area contributed by atoms with E-state index >= 15 is 0 Å². The average molecular weight is 228 g/mol. The summed E-state index contributed by atoms with van der Waals surface area (Å²) in [6.45, 7) is 0. The molecule has 0 saturated carbocycles. The predicted octanol–water partition coefficient (Wildman–Crippen LogP) is 2.07. The number of nitrogens with one attached hydrogen (secondary N) is 1. The van der Waals surface area contributed by atoms with Gasteiger partial charge in [0, 0.05) is 24.2 Å². The van der Waals surface area contributed by atoms with Crippen LogP contribution in [0.15, 0.2) is 24.7 Å². The van der Waals surface area contributed by atoms with Crippen molar-refractivity contribution in [3.8, 4) is 11.3 Å². The molecule has 0 aliphatic heterocycles. The topological polar surface area (TPSA) is 67.6 Å². The fourth-order valence-corrected chi connectivity index (χ4v) is 1.29. The zero-order valence-corrected chi connectivity index (χ0v) is 7.92. The van der Waals surface area contributed by atoms with E-state index in [2.05, 4.69) is 15.0 Å². The second-order valence-corrected chi connectivity index (χ2v) is 3.09. The summed E-state index contributed by atoms with van der Waals surface area (Å²) in [5.74, 6) is -0.191. The molecule has 4 nitrogen and oxygen atoms in total. The van der Waals surface area contributed by atoms with E-state index in [9.17, 15) is 13.2 Å². The molecule has 0 radical (unpaired) electrons. The van der Waals surface area contributed by atoms with Gasteiger partial charge in [-0.2, -0.15) is 13.2 Å². The van der Waals surface area contributed by atoms with Gasteiger partial charge < -0.3 is 10.7 Å². The standard InChI is InChI=1S/C9H7F3N4/c10-9(11,12)6-4-15-8(13)16-7(6)5-1-2-14-3-5/h1-4,14H,(H2,13,15,16). The molecule has 2 rings (SSSR count). The molecule has 0 saturated heterocycles. The number of nitrogens with two attached hydrogens (primary N) is 1. The molecule has 0 bridgehead atoms. The van der Waals surface area contributed by atoms with Gasteiger partial charge in [-0.15, -0.1) is 0 Å². The van der Waals surface area contributed by atoms with E-state index in [1.807, 2.05) is 0 Å². The monoisotopic (exact) mass is 228 g/mol. The van der Waals surface area contributed by atoms with Crippen LogP contribution >= 0.6 is 0 Å². The van der Waals surface area contributed by atoms with Crippen LogP contribution in [0.4, 0.5) is 19.1 Å². The number of halogens is 3. The lowest BCUT2D eigenvalue weighted by Gasteiger charge is -2.10. The summed E-state index contributed by atoms with van der Waals surface area (Å²) in [6, 6.07) is 1.48. The van der Waals surface area contributed by atoms with Gasteiger partial charge in [-0.1, -0.05) is 0 Å². The number of rotatable bonds is 1. The van der Waals surface area contributed by atoms with Crippen LogP contribution in [-0.2, 0) is 6.18 Å². The lowest BCUT2D eigenvalue weighted by Crippen LogP contribution is -2.10. The summed E-state index contributed by atoms with van der Waals surface area (Å²) in [5, 5.41) is 0. The number of hydrogen-bond acceptors (Lipinski definition) is 3. The van der Waals surface area contributed by atoms with E-state index < -0.39 is 11.7 Å². The summed E-state index contributed by atoms with van der Waals surface area (Å²) in [5.41, 5.74) is 4.48. The Morgan fingerprint density at radius 2 is 2.06 bits per heavy atom. The van der Waals surface area contributed by atoms with Crippen molar-refractivity contribution >= 4 is 5.95 Å². The Balaban J connectivity index is 2.63. The second-order valence-electron chi connectivity index (χ2n) is 3.09. The zero-order chi connectivity index (χ0) is 11.8. The van der Waals surface area contributed by atoms with Crippen LogP contribution in [-0.4, -0.2) is 15.0 Å². The Hall–Kier alpha value is -2.05. The minimum Gasteiger partial charge on any atom is -0.368 e. The average Bonchev–Trinajstić information content (AvgIpc) is 2.68. The molecule has 0 unspecified atom stereocenters. The molecule has 2 aromatic heterocycles. The number of alkyl halides is 3. The Morgan fingerprint density at radius 3 is 2.62 bits per heavy atom. The van der Waals surface area contributed by atoms with Gasteiger partial charge in [-0.25, -0.2) is 9.97 Å².